The van der Waals surface area contributed by atoms with Crippen LogP contribution in [0.4, 0.5) is 0 Å². The van der Waals surface area contributed by atoms with Crippen molar-refractivity contribution in [2.45, 2.75) is 39.7 Å². The van der Waals surface area contributed by atoms with E-state index in [-0.39, 0.29) is 5.54 Å². The van der Waals surface area contributed by atoms with Gasteiger partial charge < -0.3 is 0 Å². The molecule has 6 heteroatoms. The molecule has 0 spiro atoms. The molecule has 2 rings (SSSR count). The number of aryl methyl sites for hydroxylation is 2. The normalized spacial score (nSPS) is 12.1. The second-order valence-corrected chi connectivity index (χ2v) is 5.76. The smallest absolute Gasteiger partial charge is 0.195 e. The van der Waals surface area contributed by atoms with Crippen molar-refractivity contribution in [1.82, 2.24) is 24.5 Å². The fraction of sp³-hybridized carbons (Fsp3) is 0.583. The minimum Gasteiger partial charge on any atom is -0.295 e. The van der Waals surface area contributed by atoms with Crippen LogP contribution in [0, 0.1) is 4.77 Å². The predicted octanol–water partition coefficient (Wildman–Crippen LogP) is 2.66. The van der Waals surface area contributed by atoms with E-state index in [2.05, 4.69) is 43.0 Å². The maximum Gasteiger partial charge on any atom is 0.195 e. The average Bonchev–Trinajstić information content (AvgIpc) is 2.80. The van der Waals surface area contributed by atoms with Crippen LogP contribution in [0.15, 0.2) is 6.20 Å². The van der Waals surface area contributed by atoms with E-state index in [4.69, 9.17) is 12.2 Å². The molecule has 2 aromatic rings. The minimum atomic E-state index is -0.111. The van der Waals surface area contributed by atoms with Crippen LogP contribution < -0.4 is 0 Å². The molecule has 0 saturated carbocycles. The van der Waals surface area contributed by atoms with Gasteiger partial charge in [-0.2, -0.15) is 10.2 Å². The second-order valence-electron chi connectivity index (χ2n) is 5.38. The molecule has 0 radical (unpaired) electrons. The molecular weight excluding hydrogens is 246 g/mol. The van der Waals surface area contributed by atoms with Crippen molar-refractivity contribution in [2.24, 2.45) is 7.05 Å². The van der Waals surface area contributed by atoms with Crippen LogP contribution in [0.5, 0.6) is 0 Å². The second kappa shape index (κ2) is 4.35. The zero-order chi connectivity index (χ0) is 13.5. The number of nitrogens with zero attached hydrogens (tertiary/aromatic N) is 4. The van der Waals surface area contributed by atoms with E-state index >= 15 is 0 Å². The van der Waals surface area contributed by atoms with Gasteiger partial charge in [-0.05, 0) is 39.4 Å². The van der Waals surface area contributed by atoms with E-state index in [1.807, 2.05) is 22.5 Å². The SMILES string of the molecule is CCc1nn(C)cc1-c1n[nH]c(=S)n1C(C)(C)C. The number of hydrogen-bond acceptors (Lipinski definition) is 3. The Bertz CT molecular complexity index is 611. The molecule has 0 bridgehead atoms. The summed E-state index contributed by atoms with van der Waals surface area (Å²) >= 11 is 5.32. The fourth-order valence-corrected chi connectivity index (χ4v) is 2.49. The van der Waals surface area contributed by atoms with Gasteiger partial charge in [-0.25, -0.2) is 0 Å². The first-order valence-corrected chi connectivity index (χ1v) is 6.46. The van der Waals surface area contributed by atoms with Gasteiger partial charge >= 0.3 is 0 Å². The predicted molar refractivity (Wildman–Crippen MR) is 74.0 cm³/mol. The Morgan fingerprint density at radius 1 is 1.39 bits per heavy atom. The van der Waals surface area contributed by atoms with E-state index < -0.39 is 0 Å². The molecule has 0 aromatic carbocycles. The summed E-state index contributed by atoms with van der Waals surface area (Å²) in [5.74, 6) is 0.859. The molecule has 2 heterocycles. The summed E-state index contributed by atoms with van der Waals surface area (Å²) in [5, 5.41) is 11.7. The Labute approximate surface area is 112 Å². The van der Waals surface area contributed by atoms with Gasteiger partial charge in [0.05, 0.1) is 11.3 Å². The van der Waals surface area contributed by atoms with Crippen LogP contribution in [0.3, 0.4) is 0 Å². The summed E-state index contributed by atoms with van der Waals surface area (Å²) in [4.78, 5) is 0. The van der Waals surface area contributed by atoms with E-state index in [1.54, 1.807) is 0 Å². The van der Waals surface area contributed by atoms with Gasteiger partial charge in [-0.1, -0.05) is 6.92 Å². The Morgan fingerprint density at radius 3 is 2.61 bits per heavy atom. The molecule has 0 aliphatic heterocycles. The topological polar surface area (TPSA) is 51.4 Å². The number of rotatable bonds is 2. The molecule has 98 valence electrons. The van der Waals surface area contributed by atoms with Crippen LogP contribution in [-0.4, -0.2) is 24.5 Å². The number of nitrogens with one attached hydrogen (secondary N) is 1. The minimum absolute atomic E-state index is 0.111. The molecule has 2 aromatic heterocycles. The first-order valence-electron chi connectivity index (χ1n) is 6.05. The molecule has 0 amide bonds. The standard InChI is InChI=1S/C12H19N5S/c1-6-9-8(7-16(5)15-9)10-13-14-11(18)17(10)12(2,3)4/h7H,6H2,1-5H3,(H,14,18). The van der Waals surface area contributed by atoms with Gasteiger partial charge in [-0.3, -0.25) is 14.3 Å². The zero-order valence-electron chi connectivity index (χ0n) is 11.5. The van der Waals surface area contributed by atoms with Gasteiger partial charge in [0.2, 0.25) is 0 Å². The highest BCUT2D eigenvalue weighted by molar-refractivity contribution is 7.71. The largest absolute Gasteiger partial charge is 0.295 e. The third kappa shape index (κ3) is 2.12. The Morgan fingerprint density at radius 2 is 2.06 bits per heavy atom. The number of H-pyrrole nitrogens is 1. The van der Waals surface area contributed by atoms with Crippen LogP contribution >= 0.6 is 12.2 Å². The Balaban J connectivity index is 2.69. The summed E-state index contributed by atoms with van der Waals surface area (Å²) in [6, 6.07) is 0. The Hall–Kier alpha value is -1.43. The lowest BCUT2D eigenvalue weighted by Gasteiger charge is -2.22. The maximum atomic E-state index is 5.32. The van der Waals surface area contributed by atoms with E-state index in [1.165, 1.54) is 0 Å². The molecular formula is C12H19N5S. The van der Waals surface area contributed by atoms with Crippen molar-refractivity contribution in [3.8, 4) is 11.4 Å². The van der Waals surface area contributed by atoms with E-state index in [0.29, 0.717) is 4.77 Å². The van der Waals surface area contributed by atoms with Crippen molar-refractivity contribution >= 4 is 12.2 Å². The van der Waals surface area contributed by atoms with Crippen LogP contribution in [0.2, 0.25) is 0 Å². The zero-order valence-corrected chi connectivity index (χ0v) is 12.3. The van der Waals surface area contributed by atoms with Crippen LogP contribution in [-0.2, 0) is 19.0 Å². The number of hydrogen-bond donors (Lipinski definition) is 1. The molecule has 1 N–H and O–H groups in total. The lowest BCUT2D eigenvalue weighted by molar-refractivity contribution is 0.395. The first kappa shape index (κ1) is 13.0. The fourth-order valence-electron chi connectivity index (χ4n) is 2.08. The number of aromatic nitrogens is 5. The summed E-state index contributed by atoms with van der Waals surface area (Å²) in [6.07, 6.45) is 2.87. The van der Waals surface area contributed by atoms with Crippen LogP contribution in [0.1, 0.15) is 33.4 Å². The first-order chi connectivity index (χ1) is 8.34. The van der Waals surface area contributed by atoms with E-state index in [0.717, 1.165) is 23.5 Å². The molecule has 0 aliphatic rings. The Kier molecular flexibility index (Phi) is 3.14. The van der Waals surface area contributed by atoms with Crippen molar-refractivity contribution in [3.63, 3.8) is 0 Å². The van der Waals surface area contributed by atoms with Crippen molar-refractivity contribution < 1.29 is 0 Å². The molecule has 0 saturated heterocycles. The van der Waals surface area contributed by atoms with Gasteiger partial charge in [0.1, 0.15) is 0 Å². The molecule has 5 nitrogen and oxygen atoms in total. The highest BCUT2D eigenvalue weighted by Crippen LogP contribution is 2.26. The summed E-state index contributed by atoms with van der Waals surface area (Å²) in [5.41, 5.74) is 1.97. The van der Waals surface area contributed by atoms with Gasteiger partial charge in [0.15, 0.2) is 10.6 Å². The van der Waals surface area contributed by atoms with Crippen molar-refractivity contribution in [3.05, 3.63) is 16.7 Å². The highest BCUT2D eigenvalue weighted by atomic mass is 32.1. The van der Waals surface area contributed by atoms with Gasteiger partial charge in [0, 0.05) is 18.8 Å². The van der Waals surface area contributed by atoms with Crippen molar-refractivity contribution in [2.75, 3.05) is 0 Å². The lowest BCUT2D eigenvalue weighted by Crippen LogP contribution is -2.23. The average molecular weight is 265 g/mol. The van der Waals surface area contributed by atoms with Gasteiger partial charge in [-0.15, -0.1) is 0 Å². The summed E-state index contributed by atoms with van der Waals surface area (Å²) < 4.78 is 4.50. The number of aromatic amines is 1. The third-order valence-electron chi connectivity index (χ3n) is 2.82. The highest BCUT2D eigenvalue weighted by Gasteiger charge is 2.23. The molecule has 0 fully saturated rings. The molecule has 18 heavy (non-hydrogen) atoms. The molecule has 0 unspecified atom stereocenters. The van der Waals surface area contributed by atoms with Crippen molar-refractivity contribution in [1.29, 1.82) is 0 Å². The lowest BCUT2D eigenvalue weighted by atomic mass is 10.1. The maximum absolute atomic E-state index is 5.32. The van der Waals surface area contributed by atoms with Gasteiger partial charge in [0.25, 0.3) is 0 Å². The summed E-state index contributed by atoms with van der Waals surface area (Å²) in [7, 11) is 1.92. The quantitative estimate of drug-likeness (QED) is 0.849. The van der Waals surface area contributed by atoms with Crippen LogP contribution in [0.25, 0.3) is 11.4 Å². The summed E-state index contributed by atoms with van der Waals surface area (Å²) in [6.45, 7) is 8.44. The molecule has 0 aliphatic carbocycles. The molecule has 0 atom stereocenters. The van der Waals surface area contributed by atoms with E-state index in [9.17, 15) is 0 Å². The monoisotopic (exact) mass is 265 g/mol. The third-order valence-corrected chi connectivity index (χ3v) is 3.10.